The van der Waals surface area contributed by atoms with Gasteiger partial charge in [-0.2, -0.15) is 5.10 Å². The molecular formula is C21H17ClN2O2. The lowest BCUT2D eigenvalue weighted by Crippen LogP contribution is -2.33. The van der Waals surface area contributed by atoms with Crippen molar-refractivity contribution >= 4 is 17.3 Å². The average Bonchev–Trinajstić information content (AvgIpc) is 3.32. The second-order valence-electron chi connectivity index (χ2n) is 6.69. The van der Waals surface area contributed by atoms with Gasteiger partial charge in [0.05, 0.1) is 12.3 Å². The molecule has 2 aromatic carbocycles. The van der Waals surface area contributed by atoms with Gasteiger partial charge in [0.2, 0.25) is 6.23 Å². The summed E-state index contributed by atoms with van der Waals surface area (Å²) in [5.74, 6) is 1.66. The summed E-state index contributed by atoms with van der Waals surface area (Å²) >= 11 is 6.24. The predicted octanol–water partition coefficient (Wildman–Crippen LogP) is 5.48. The Morgan fingerprint density at radius 1 is 1.12 bits per heavy atom. The van der Waals surface area contributed by atoms with Crippen LogP contribution in [0.4, 0.5) is 0 Å². The van der Waals surface area contributed by atoms with Gasteiger partial charge in [-0.1, -0.05) is 41.4 Å². The van der Waals surface area contributed by atoms with Gasteiger partial charge in [0.1, 0.15) is 17.2 Å². The largest absolute Gasteiger partial charge is 0.464 e. The molecule has 2 aliphatic heterocycles. The second-order valence-corrected chi connectivity index (χ2v) is 7.12. The molecule has 5 heteroatoms. The molecule has 0 bridgehead atoms. The van der Waals surface area contributed by atoms with E-state index in [9.17, 15) is 0 Å². The van der Waals surface area contributed by atoms with Crippen molar-refractivity contribution in [3.05, 3.63) is 88.3 Å². The molecule has 0 spiro atoms. The van der Waals surface area contributed by atoms with Crippen LogP contribution in [-0.2, 0) is 0 Å². The average molecular weight is 365 g/mol. The van der Waals surface area contributed by atoms with Crippen molar-refractivity contribution in [1.29, 1.82) is 0 Å². The van der Waals surface area contributed by atoms with E-state index in [2.05, 4.69) is 31.2 Å². The van der Waals surface area contributed by atoms with Gasteiger partial charge in [0.25, 0.3) is 0 Å². The molecule has 1 aromatic heterocycles. The number of rotatable bonds is 2. The molecule has 4 nitrogen and oxygen atoms in total. The Balaban J connectivity index is 1.61. The lowest BCUT2D eigenvalue weighted by Gasteiger charge is -2.38. The Bertz CT molecular complexity index is 980. The summed E-state index contributed by atoms with van der Waals surface area (Å²) in [5, 5.41) is 7.58. The third kappa shape index (κ3) is 2.49. The zero-order valence-electron chi connectivity index (χ0n) is 14.2. The van der Waals surface area contributed by atoms with Crippen LogP contribution < -0.4 is 4.74 Å². The number of ether oxygens (including phenoxy) is 1. The molecule has 0 saturated carbocycles. The first-order valence-electron chi connectivity index (χ1n) is 8.61. The van der Waals surface area contributed by atoms with Crippen LogP contribution in [0.1, 0.15) is 41.1 Å². The maximum atomic E-state index is 6.32. The quantitative estimate of drug-likeness (QED) is 0.604. The van der Waals surface area contributed by atoms with Crippen molar-refractivity contribution < 1.29 is 9.15 Å². The maximum Gasteiger partial charge on any atom is 0.213 e. The Morgan fingerprint density at radius 3 is 2.73 bits per heavy atom. The van der Waals surface area contributed by atoms with E-state index in [-0.39, 0.29) is 12.3 Å². The number of halogens is 1. The van der Waals surface area contributed by atoms with E-state index in [1.54, 1.807) is 6.26 Å². The van der Waals surface area contributed by atoms with Gasteiger partial charge < -0.3 is 9.15 Å². The summed E-state index contributed by atoms with van der Waals surface area (Å²) in [4.78, 5) is 0. The van der Waals surface area contributed by atoms with E-state index >= 15 is 0 Å². The molecule has 0 radical (unpaired) electrons. The molecule has 130 valence electrons. The highest BCUT2D eigenvalue weighted by molar-refractivity contribution is 6.30. The molecule has 0 amide bonds. The molecular weight excluding hydrogens is 348 g/mol. The van der Waals surface area contributed by atoms with Gasteiger partial charge >= 0.3 is 0 Å². The number of benzene rings is 2. The molecule has 3 heterocycles. The van der Waals surface area contributed by atoms with E-state index in [1.807, 2.05) is 35.3 Å². The number of furan rings is 1. The Hall–Kier alpha value is -2.72. The number of hydrogen-bond acceptors (Lipinski definition) is 4. The lowest BCUT2D eigenvalue weighted by atomic mass is 9.97. The van der Waals surface area contributed by atoms with Crippen LogP contribution in [0.15, 0.2) is 70.4 Å². The van der Waals surface area contributed by atoms with Gasteiger partial charge in [0, 0.05) is 22.6 Å². The van der Waals surface area contributed by atoms with Crippen LogP contribution in [-0.4, -0.2) is 10.7 Å². The standard InChI is InChI=1S/C21H17ClN2O2/c1-13-4-6-14(7-5-13)21-24-18(12-17(23-24)20-3-2-10-25-20)16-11-15(22)8-9-19(16)26-21/h2-11,18,21H,12H2,1H3. The normalized spacial score (nSPS) is 21.0. The van der Waals surface area contributed by atoms with Crippen molar-refractivity contribution in [2.75, 3.05) is 0 Å². The summed E-state index contributed by atoms with van der Waals surface area (Å²) in [5.41, 5.74) is 4.28. The molecule has 0 N–H and O–H groups in total. The smallest absolute Gasteiger partial charge is 0.213 e. The van der Waals surface area contributed by atoms with E-state index in [1.165, 1.54) is 5.56 Å². The molecule has 2 aliphatic rings. The summed E-state index contributed by atoms with van der Waals surface area (Å²) in [7, 11) is 0. The maximum absolute atomic E-state index is 6.32. The molecule has 0 fully saturated rings. The molecule has 26 heavy (non-hydrogen) atoms. The minimum Gasteiger partial charge on any atom is -0.464 e. The van der Waals surface area contributed by atoms with Crippen LogP contribution in [0.5, 0.6) is 5.75 Å². The first-order valence-corrected chi connectivity index (χ1v) is 8.99. The van der Waals surface area contributed by atoms with Gasteiger partial charge in [-0.25, -0.2) is 5.01 Å². The highest BCUT2D eigenvalue weighted by atomic mass is 35.5. The van der Waals surface area contributed by atoms with Crippen LogP contribution >= 0.6 is 11.6 Å². The van der Waals surface area contributed by atoms with Crippen LogP contribution in [0.25, 0.3) is 0 Å². The summed E-state index contributed by atoms with van der Waals surface area (Å²) < 4.78 is 11.9. The molecule has 0 aliphatic carbocycles. The zero-order chi connectivity index (χ0) is 17.7. The first kappa shape index (κ1) is 15.5. The van der Waals surface area contributed by atoms with Crippen LogP contribution in [0, 0.1) is 6.92 Å². The predicted molar refractivity (Wildman–Crippen MR) is 100 cm³/mol. The van der Waals surface area contributed by atoms with E-state index in [0.717, 1.165) is 34.8 Å². The molecule has 5 rings (SSSR count). The van der Waals surface area contributed by atoms with Crippen molar-refractivity contribution in [2.24, 2.45) is 5.10 Å². The fraction of sp³-hybridized carbons (Fsp3) is 0.190. The molecule has 0 saturated heterocycles. The van der Waals surface area contributed by atoms with Crippen LogP contribution in [0.3, 0.4) is 0 Å². The third-order valence-electron chi connectivity index (χ3n) is 4.92. The molecule has 3 aromatic rings. The number of nitrogens with zero attached hydrogens (tertiary/aromatic N) is 2. The SMILES string of the molecule is Cc1ccc(C2Oc3ccc(Cl)cc3C3CC(c4ccco4)=NN32)cc1. The Morgan fingerprint density at radius 2 is 1.96 bits per heavy atom. The fourth-order valence-electron chi connectivity index (χ4n) is 3.60. The number of fused-ring (bicyclic) bond motifs is 3. The highest BCUT2D eigenvalue weighted by Crippen LogP contribution is 2.48. The van der Waals surface area contributed by atoms with Crippen molar-refractivity contribution in [1.82, 2.24) is 5.01 Å². The van der Waals surface area contributed by atoms with Crippen molar-refractivity contribution in [3.63, 3.8) is 0 Å². The molecule has 2 unspecified atom stereocenters. The zero-order valence-corrected chi connectivity index (χ0v) is 15.0. The minimum absolute atomic E-state index is 0.0730. The van der Waals surface area contributed by atoms with Crippen molar-refractivity contribution in [3.8, 4) is 5.75 Å². The van der Waals surface area contributed by atoms with Gasteiger partial charge in [-0.05, 0) is 37.3 Å². The highest BCUT2D eigenvalue weighted by Gasteiger charge is 2.41. The van der Waals surface area contributed by atoms with E-state index in [0.29, 0.717) is 5.02 Å². The lowest BCUT2D eigenvalue weighted by molar-refractivity contribution is -0.0190. The summed E-state index contributed by atoms with van der Waals surface area (Å²) in [6.45, 7) is 2.08. The van der Waals surface area contributed by atoms with Gasteiger partial charge in [-0.15, -0.1) is 0 Å². The second kappa shape index (κ2) is 5.92. The minimum atomic E-state index is -0.276. The Labute approximate surface area is 156 Å². The topological polar surface area (TPSA) is 38.0 Å². The van der Waals surface area contributed by atoms with Crippen molar-refractivity contribution in [2.45, 2.75) is 25.6 Å². The van der Waals surface area contributed by atoms with Crippen LogP contribution in [0.2, 0.25) is 5.02 Å². The van der Waals surface area contributed by atoms with E-state index < -0.39 is 0 Å². The molecule has 2 atom stereocenters. The Kier molecular flexibility index (Phi) is 3.54. The third-order valence-corrected chi connectivity index (χ3v) is 5.16. The first-order chi connectivity index (χ1) is 12.7. The number of hydrazone groups is 1. The summed E-state index contributed by atoms with van der Waals surface area (Å²) in [6, 6.07) is 18.1. The number of hydrogen-bond donors (Lipinski definition) is 0. The van der Waals surface area contributed by atoms with Gasteiger partial charge in [-0.3, -0.25) is 0 Å². The fourth-order valence-corrected chi connectivity index (χ4v) is 3.78. The number of aryl methyl sites for hydroxylation is 1. The monoisotopic (exact) mass is 364 g/mol. The van der Waals surface area contributed by atoms with Gasteiger partial charge in [0.15, 0.2) is 0 Å². The van der Waals surface area contributed by atoms with E-state index in [4.69, 9.17) is 25.9 Å². The summed E-state index contributed by atoms with van der Waals surface area (Å²) in [6.07, 6.45) is 2.15.